The van der Waals surface area contributed by atoms with Crippen LogP contribution in [0.15, 0.2) is 42.7 Å². The summed E-state index contributed by atoms with van der Waals surface area (Å²) in [5.74, 6) is 3.84. The van der Waals surface area contributed by atoms with Gasteiger partial charge in [-0.2, -0.15) is 18.2 Å². The van der Waals surface area contributed by atoms with Crippen molar-refractivity contribution in [3.05, 3.63) is 59.1 Å². The Morgan fingerprint density at radius 3 is 2.60 bits per heavy atom. The van der Waals surface area contributed by atoms with Gasteiger partial charge in [-0.3, -0.25) is 4.40 Å². The number of aromatic nitrogens is 4. The summed E-state index contributed by atoms with van der Waals surface area (Å²) >= 11 is 6.12. The van der Waals surface area contributed by atoms with Crippen LogP contribution in [-0.4, -0.2) is 38.7 Å². The smallest absolute Gasteiger partial charge is 0.320 e. The van der Waals surface area contributed by atoms with E-state index >= 15 is 0 Å². The number of hydrogen-bond donors (Lipinski definition) is 0. The molecule has 0 saturated heterocycles. The van der Waals surface area contributed by atoms with Gasteiger partial charge in [0.05, 0.1) is 12.1 Å². The van der Waals surface area contributed by atoms with Gasteiger partial charge in [-0.1, -0.05) is 23.4 Å². The van der Waals surface area contributed by atoms with Gasteiger partial charge in [-0.25, -0.2) is 13.2 Å². The van der Waals surface area contributed by atoms with Crippen molar-refractivity contribution >= 4 is 39.8 Å². The van der Waals surface area contributed by atoms with E-state index in [1.54, 1.807) is 18.2 Å². The second-order valence-corrected chi connectivity index (χ2v) is 8.56. The van der Waals surface area contributed by atoms with Crippen LogP contribution < -0.4 is 4.90 Å². The van der Waals surface area contributed by atoms with Gasteiger partial charge in [-0.15, -0.1) is 10.2 Å². The quantitative estimate of drug-likeness (QED) is 0.244. The maximum Gasteiger partial charge on any atom is 0.405 e. The molecular weight excluding hydrogens is 496 g/mol. The summed E-state index contributed by atoms with van der Waals surface area (Å²) in [6, 6.07) is 7.88. The average Bonchev–Trinajstić information content (AvgIpc) is 3.45. The molecular formula is C23H14ClF6N5. The lowest BCUT2D eigenvalue weighted by Gasteiger charge is -2.25. The minimum absolute atomic E-state index is 0.0240. The van der Waals surface area contributed by atoms with E-state index in [9.17, 15) is 26.3 Å². The first-order valence-electron chi connectivity index (χ1n) is 10.3. The van der Waals surface area contributed by atoms with Crippen molar-refractivity contribution in [2.45, 2.75) is 25.4 Å². The van der Waals surface area contributed by atoms with Gasteiger partial charge in [0.15, 0.2) is 0 Å². The molecule has 1 aliphatic carbocycles. The first kappa shape index (κ1) is 23.2. The van der Waals surface area contributed by atoms with E-state index in [2.05, 4.69) is 27.0 Å². The molecule has 0 aliphatic heterocycles. The highest BCUT2D eigenvalue weighted by Gasteiger charge is 2.62. The third-order valence-electron chi connectivity index (χ3n) is 5.71. The van der Waals surface area contributed by atoms with Crippen LogP contribution in [0, 0.1) is 23.1 Å². The normalized spacial score (nSPS) is 14.9. The van der Waals surface area contributed by atoms with E-state index in [1.807, 2.05) is 0 Å². The van der Waals surface area contributed by atoms with Crippen LogP contribution in [0.5, 0.6) is 0 Å². The molecule has 0 amide bonds. The van der Waals surface area contributed by atoms with Gasteiger partial charge >= 0.3 is 6.18 Å². The largest absolute Gasteiger partial charge is 0.405 e. The minimum atomic E-state index is -4.50. The highest BCUT2D eigenvalue weighted by atomic mass is 35.5. The summed E-state index contributed by atoms with van der Waals surface area (Å²) in [5, 5.41) is 8.43. The zero-order valence-corrected chi connectivity index (χ0v) is 18.4. The molecule has 0 N–H and O–H groups in total. The monoisotopic (exact) mass is 509 g/mol. The molecule has 12 heteroatoms. The summed E-state index contributed by atoms with van der Waals surface area (Å²) in [4.78, 5) is 5.41. The third-order valence-corrected chi connectivity index (χ3v) is 5.94. The van der Waals surface area contributed by atoms with E-state index < -0.39 is 30.4 Å². The van der Waals surface area contributed by atoms with Crippen molar-refractivity contribution in [1.29, 1.82) is 0 Å². The summed E-state index contributed by atoms with van der Waals surface area (Å²) in [6.45, 7) is -0.877. The van der Waals surface area contributed by atoms with Crippen LogP contribution in [-0.2, 0) is 0 Å². The van der Waals surface area contributed by atoms with Crippen molar-refractivity contribution < 1.29 is 26.3 Å². The molecule has 0 bridgehead atoms. The summed E-state index contributed by atoms with van der Waals surface area (Å²) in [7, 11) is 0. The fraction of sp³-hybridized carbons (Fsp3) is 0.261. The maximum atomic E-state index is 14.5. The topological polar surface area (TPSA) is 46.3 Å². The van der Waals surface area contributed by atoms with E-state index in [1.165, 1.54) is 16.8 Å². The van der Waals surface area contributed by atoms with Crippen LogP contribution in [0.3, 0.4) is 0 Å². The molecule has 0 unspecified atom stereocenters. The second-order valence-electron chi connectivity index (χ2n) is 8.13. The molecule has 1 saturated carbocycles. The molecule has 2 aromatic carbocycles. The Labute approximate surface area is 199 Å². The lowest BCUT2D eigenvalue weighted by Crippen LogP contribution is -2.25. The number of halogens is 7. The molecule has 1 aliphatic rings. The Morgan fingerprint density at radius 2 is 1.91 bits per heavy atom. The average molecular weight is 510 g/mol. The van der Waals surface area contributed by atoms with Gasteiger partial charge in [0.2, 0.25) is 0 Å². The number of alkyl halides is 5. The number of fused-ring (bicyclic) bond motifs is 3. The van der Waals surface area contributed by atoms with Gasteiger partial charge in [-0.05, 0) is 49.2 Å². The molecule has 1 fully saturated rings. The van der Waals surface area contributed by atoms with Crippen molar-refractivity contribution in [2.75, 3.05) is 11.4 Å². The Bertz CT molecular complexity index is 1500. The predicted octanol–water partition coefficient (Wildman–Crippen LogP) is 6.17. The predicted molar refractivity (Wildman–Crippen MR) is 117 cm³/mol. The zero-order valence-electron chi connectivity index (χ0n) is 17.6. The Hall–Kier alpha value is -3.52. The summed E-state index contributed by atoms with van der Waals surface area (Å²) in [5.41, 5.74) is -1.78. The molecule has 180 valence electrons. The van der Waals surface area contributed by atoms with Crippen LogP contribution in [0.1, 0.15) is 18.4 Å². The fourth-order valence-electron chi connectivity index (χ4n) is 3.78. The number of rotatable bonds is 4. The Kier molecular flexibility index (Phi) is 5.51. The second kappa shape index (κ2) is 8.30. The first-order valence-corrected chi connectivity index (χ1v) is 10.7. The third kappa shape index (κ3) is 4.34. The Balaban J connectivity index is 1.66. The van der Waals surface area contributed by atoms with E-state index in [0.717, 1.165) is 17.0 Å². The fourth-order valence-corrected chi connectivity index (χ4v) is 3.95. The molecule has 5 rings (SSSR count). The van der Waals surface area contributed by atoms with Gasteiger partial charge < -0.3 is 4.90 Å². The van der Waals surface area contributed by atoms with E-state index in [-0.39, 0.29) is 35.7 Å². The minimum Gasteiger partial charge on any atom is -0.320 e. The molecule has 0 atom stereocenters. The highest BCUT2D eigenvalue weighted by molar-refractivity contribution is 6.31. The van der Waals surface area contributed by atoms with Crippen LogP contribution in [0.25, 0.3) is 16.7 Å². The van der Waals surface area contributed by atoms with Gasteiger partial charge in [0, 0.05) is 21.7 Å². The zero-order chi connectivity index (χ0) is 25.0. The van der Waals surface area contributed by atoms with Crippen molar-refractivity contribution in [3.63, 3.8) is 0 Å². The van der Waals surface area contributed by atoms with Crippen molar-refractivity contribution in [3.8, 4) is 11.8 Å². The first-order chi connectivity index (χ1) is 16.6. The molecule has 35 heavy (non-hydrogen) atoms. The number of benzene rings is 2. The number of hydrogen-bond acceptors (Lipinski definition) is 4. The highest BCUT2D eigenvalue weighted by Crippen LogP contribution is 2.57. The number of anilines is 2. The molecule has 2 heterocycles. The lowest BCUT2D eigenvalue weighted by molar-refractivity contribution is -0.168. The van der Waals surface area contributed by atoms with E-state index in [0.29, 0.717) is 15.9 Å². The van der Waals surface area contributed by atoms with Gasteiger partial charge in [0.1, 0.15) is 23.4 Å². The molecule has 2 aromatic heterocycles. The van der Waals surface area contributed by atoms with Crippen LogP contribution in [0.4, 0.5) is 37.8 Å². The lowest BCUT2D eigenvalue weighted by atomic mass is 10.1. The molecule has 5 nitrogen and oxygen atoms in total. The van der Waals surface area contributed by atoms with Crippen LogP contribution in [0.2, 0.25) is 5.02 Å². The summed E-state index contributed by atoms with van der Waals surface area (Å²) < 4.78 is 83.0. The van der Waals surface area contributed by atoms with Crippen LogP contribution >= 0.6 is 11.6 Å². The van der Waals surface area contributed by atoms with E-state index in [4.69, 9.17) is 11.6 Å². The standard InChI is InChI=1S/C23H14ClF6N5/c24-14-1-2-17-18(9-14)35-12-31-33-21(35)32-20(17)34(11-19(26)27)16-8-13(7-15(25)10-16)3-4-22(5-6-22)23(28,29)30/h1-2,7-10,12,19H,5-6,11H2. The van der Waals surface area contributed by atoms with Crippen molar-refractivity contribution in [2.24, 2.45) is 5.41 Å². The molecule has 0 spiro atoms. The molecule has 0 radical (unpaired) electrons. The number of nitrogens with zero attached hydrogens (tertiary/aromatic N) is 5. The maximum absolute atomic E-state index is 14.5. The Morgan fingerprint density at radius 1 is 1.14 bits per heavy atom. The SMILES string of the molecule is Fc1cc(C#CC2(C(F)(F)F)CC2)cc(N(CC(F)F)c2nc3nncn3c3cc(Cl)ccc23)c1. The summed E-state index contributed by atoms with van der Waals surface area (Å²) in [6.07, 6.45) is -6.26. The van der Waals surface area contributed by atoms with Crippen molar-refractivity contribution in [1.82, 2.24) is 19.6 Å². The van der Waals surface area contributed by atoms with Gasteiger partial charge in [0.25, 0.3) is 12.2 Å². The molecule has 4 aromatic rings.